The summed E-state index contributed by atoms with van der Waals surface area (Å²) in [5.74, 6) is 0.722. The summed E-state index contributed by atoms with van der Waals surface area (Å²) in [5, 5.41) is 3.82. The Morgan fingerprint density at radius 1 is 1.21 bits per heavy atom. The van der Waals surface area contributed by atoms with Crippen LogP contribution in [0.3, 0.4) is 0 Å². The predicted molar refractivity (Wildman–Crippen MR) is 110 cm³/mol. The fourth-order valence-corrected chi connectivity index (χ4v) is 4.01. The number of rotatable bonds is 4. The van der Waals surface area contributed by atoms with E-state index in [1.807, 2.05) is 13.0 Å². The smallest absolute Gasteiger partial charge is 0.289 e. The summed E-state index contributed by atoms with van der Waals surface area (Å²) in [6.45, 7) is 7.79. The minimum absolute atomic E-state index is 0.211. The first kappa shape index (κ1) is 19.4. The van der Waals surface area contributed by atoms with Crippen molar-refractivity contribution >= 4 is 22.5 Å². The minimum Gasteiger partial charge on any atom is -0.436 e. The standard InChI is InChI=1S/C22H25FN4O2/c1-13-10-20(18-11-17(23)4-5-19(18)25-13)27-8-6-16(7-9-27)12-24-22(28)21-14(2)26-15(3)29-21/h4-5,10-11,16H,6-9,12H2,1-3H3,(H,24,28). The molecular weight excluding hydrogens is 371 g/mol. The molecule has 3 aromatic rings. The number of hydrogen-bond donors (Lipinski definition) is 1. The molecule has 0 aliphatic carbocycles. The van der Waals surface area contributed by atoms with Gasteiger partial charge in [0.05, 0.1) is 11.2 Å². The van der Waals surface area contributed by atoms with Crippen LogP contribution >= 0.6 is 0 Å². The van der Waals surface area contributed by atoms with Gasteiger partial charge in [-0.25, -0.2) is 9.37 Å². The van der Waals surface area contributed by atoms with Crippen LogP contribution in [0.15, 0.2) is 28.7 Å². The molecule has 1 aromatic carbocycles. The van der Waals surface area contributed by atoms with Gasteiger partial charge in [0.1, 0.15) is 5.82 Å². The third kappa shape index (κ3) is 4.09. The largest absolute Gasteiger partial charge is 0.436 e. The Balaban J connectivity index is 1.40. The third-order valence-corrected chi connectivity index (χ3v) is 5.49. The first-order valence-electron chi connectivity index (χ1n) is 9.95. The van der Waals surface area contributed by atoms with Crippen LogP contribution in [0, 0.1) is 32.5 Å². The van der Waals surface area contributed by atoms with E-state index in [1.165, 1.54) is 6.07 Å². The lowest BCUT2D eigenvalue weighted by Gasteiger charge is -2.34. The molecule has 3 heterocycles. The second-order valence-electron chi connectivity index (χ2n) is 7.73. The van der Waals surface area contributed by atoms with E-state index in [4.69, 9.17) is 4.42 Å². The predicted octanol–water partition coefficient (Wildman–Crippen LogP) is 3.93. The SMILES string of the molecule is Cc1cc(N2CCC(CNC(=O)c3oc(C)nc3C)CC2)c2cc(F)ccc2n1. The maximum absolute atomic E-state index is 13.8. The average molecular weight is 396 g/mol. The number of piperidine rings is 1. The Morgan fingerprint density at radius 3 is 2.66 bits per heavy atom. The molecule has 1 aliphatic heterocycles. The van der Waals surface area contributed by atoms with Crippen molar-refractivity contribution < 1.29 is 13.6 Å². The van der Waals surface area contributed by atoms with E-state index in [2.05, 4.69) is 20.2 Å². The van der Waals surface area contributed by atoms with E-state index in [1.54, 1.807) is 26.0 Å². The van der Waals surface area contributed by atoms with Gasteiger partial charge in [-0.2, -0.15) is 0 Å². The lowest BCUT2D eigenvalue weighted by molar-refractivity contribution is 0.0915. The Morgan fingerprint density at radius 2 is 1.97 bits per heavy atom. The Labute approximate surface area is 169 Å². The molecule has 4 rings (SSSR count). The number of oxazole rings is 1. The number of benzene rings is 1. The summed E-state index contributed by atoms with van der Waals surface area (Å²) in [6, 6.07) is 6.77. The molecule has 29 heavy (non-hydrogen) atoms. The van der Waals surface area contributed by atoms with Crippen LogP contribution in [-0.2, 0) is 0 Å². The van der Waals surface area contributed by atoms with Crippen molar-refractivity contribution in [1.82, 2.24) is 15.3 Å². The summed E-state index contributed by atoms with van der Waals surface area (Å²) in [5.41, 5.74) is 3.38. The highest BCUT2D eigenvalue weighted by atomic mass is 19.1. The minimum atomic E-state index is -0.250. The summed E-state index contributed by atoms with van der Waals surface area (Å²) < 4.78 is 19.2. The van der Waals surface area contributed by atoms with Gasteiger partial charge >= 0.3 is 0 Å². The van der Waals surface area contributed by atoms with Gasteiger partial charge in [0.2, 0.25) is 5.76 Å². The van der Waals surface area contributed by atoms with Gasteiger partial charge in [-0.1, -0.05) is 0 Å². The quantitative estimate of drug-likeness (QED) is 0.723. The summed E-state index contributed by atoms with van der Waals surface area (Å²) >= 11 is 0. The number of amides is 1. The zero-order chi connectivity index (χ0) is 20.5. The monoisotopic (exact) mass is 396 g/mol. The average Bonchev–Trinajstić information content (AvgIpc) is 3.04. The first-order chi connectivity index (χ1) is 13.9. The molecule has 0 atom stereocenters. The highest BCUT2D eigenvalue weighted by Gasteiger charge is 2.23. The van der Waals surface area contributed by atoms with Crippen LogP contribution in [-0.4, -0.2) is 35.5 Å². The van der Waals surface area contributed by atoms with Crippen LogP contribution in [0.2, 0.25) is 0 Å². The van der Waals surface area contributed by atoms with Crippen molar-refractivity contribution in [2.45, 2.75) is 33.6 Å². The summed E-state index contributed by atoms with van der Waals surface area (Å²) in [7, 11) is 0. The van der Waals surface area contributed by atoms with Crippen LogP contribution < -0.4 is 10.2 Å². The number of nitrogens with zero attached hydrogens (tertiary/aromatic N) is 3. The molecule has 0 saturated carbocycles. The van der Waals surface area contributed by atoms with Gasteiger partial charge in [0.15, 0.2) is 5.89 Å². The lowest BCUT2D eigenvalue weighted by Crippen LogP contribution is -2.38. The van der Waals surface area contributed by atoms with E-state index in [0.717, 1.165) is 48.2 Å². The molecule has 0 spiro atoms. The van der Waals surface area contributed by atoms with E-state index >= 15 is 0 Å². The van der Waals surface area contributed by atoms with Crippen LogP contribution in [0.5, 0.6) is 0 Å². The lowest BCUT2D eigenvalue weighted by atomic mass is 9.95. The summed E-state index contributed by atoms with van der Waals surface area (Å²) in [6.07, 6.45) is 1.90. The van der Waals surface area contributed by atoms with Gasteiger partial charge in [-0.05, 0) is 56.9 Å². The number of aryl methyl sites for hydroxylation is 3. The first-order valence-corrected chi connectivity index (χ1v) is 9.95. The highest BCUT2D eigenvalue weighted by Crippen LogP contribution is 2.30. The maximum Gasteiger partial charge on any atom is 0.289 e. The van der Waals surface area contributed by atoms with Gasteiger partial charge in [-0.15, -0.1) is 0 Å². The number of pyridine rings is 1. The van der Waals surface area contributed by atoms with Gasteiger partial charge < -0.3 is 14.6 Å². The Kier molecular flexibility index (Phi) is 5.22. The molecule has 1 amide bonds. The van der Waals surface area contributed by atoms with Crippen LogP contribution in [0.4, 0.5) is 10.1 Å². The third-order valence-electron chi connectivity index (χ3n) is 5.49. The van der Waals surface area contributed by atoms with Crippen LogP contribution in [0.1, 0.15) is 40.7 Å². The number of fused-ring (bicyclic) bond motifs is 1. The number of anilines is 1. The highest BCUT2D eigenvalue weighted by molar-refractivity contribution is 5.93. The molecule has 6 nitrogen and oxygen atoms in total. The molecule has 1 aliphatic rings. The fourth-order valence-electron chi connectivity index (χ4n) is 4.01. The molecule has 2 aromatic heterocycles. The number of hydrogen-bond acceptors (Lipinski definition) is 5. The number of nitrogens with one attached hydrogen (secondary N) is 1. The Bertz CT molecular complexity index is 1050. The van der Waals surface area contributed by atoms with Crippen molar-refractivity contribution in [3.05, 3.63) is 53.1 Å². The van der Waals surface area contributed by atoms with Crippen molar-refractivity contribution in [1.29, 1.82) is 0 Å². The van der Waals surface area contributed by atoms with Crippen molar-refractivity contribution in [2.24, 2.45) is 5.92 Å². The molecule has 0 bridgehead atoms. The zero-order valence-corrected chi connectivity index (χ0v) is 17.0. The molecule has 1 N–H and O–H groups in total. The number of halogens is 1. The van der Waals surface area contributed by atoms with E-state index < -0.39 is 0 Å². The molecule has 7 heteroatoms. The van der Waals surface area contributed by atoms with Gasteiger partial charge in [0, 0.05) is 43.3 Å². The second-order valence-corrected chi connectivity index (χ2v) is 7.73. The molecule has 1 saturated heterocycles. The van der Waals surface area contributed by atoms with Gasteiger partial charge in [0.25, 0.3) is 5.91 Å². The van der Waals surface area contributed by atoms with E-state index in [9.17, 15) is 9.18 Å². The fraction of sp³-hybridized carbons (Fsp3) is 0.409. The van der Waals surface area contributed by atoms with Crippen molar-refractivity contribution in [3.8, 4) is 0 Å². The maximum atomic E-state index is 13.8. The topological polar surface area (TPSA) is 71.3 Å². The van der Waals surface area contributed by atoms with Crippen LogP contribution in [0.25, 0.3) is 10.9 Å². The normalized spacial score (nSPS) is 15.1. The molecule has 1 fully saturated rings. The Hall–Kier alpha value is -2.96. The molecule has 0 radical (unpaired) electrons. The van der Waals surface area contributed by atoms with Gasteiger partial charge in [-0.3, -0.25) is 9.78 Å². The van der Waals surface area contributed by atoms with E-state index in [0.29, 0.717) is 29.8 Å². The molecule has 0 unspecified atom stereocenters. The summed E-state index contributed by atoms with van der Waals surface area (Å²) in [4.78, 5) is 23.3. The second kappa shape index (κ2) is 7.81. The molecule has 152 valence electrons. The number of carbonyl (C=O) groups is 1. The van der Waals surface area contributed by atoms with Crippen molar-refractivity contribution in [3.63, 3.8) is 0 Å². The van der Waals surface area contributed by atoms with E-state index in [-0.39, 0.29) is 11.7 Å². The molecular formula is C22H25FN4O2. The van der Waals surface area contributed by atoms with Crippen molar-refractivity contribution in [2.75, 3.05) is 24.5 Å². The zero-order valence-electron chi connectivity index (χ0n) is 17.0. The number of carbonyl (C=O) groups excluding carboxylic acids is 1. The number of aromatic nitrogens is 2.